The molecule has 0 amide bonds. The summed E-state index contributed by atoms with van der Waals surface area (Å²) in [6.45, 7) is 0.610. The first-order valence-corrected chi connectivity index (χ1v) is 5.52. The van der Waals surface area contributed by atoms with E-state index >= 15 is 0 Å². The lowest BCUT2D eigenvalue weighted by atomic mass is 10.0. The number of benzene rings is 1. The topological polar surface area (TPSA) is 72.7 Å². The van der Waals surface area contributed by atoms with E-state index in [0.29, 0.717) is 0 Å². The largest absolute Gasteiger partial charge is 0.394 e. The molecule has 0 aliphatic heterocycles. The zero-order chi connectivity index (χ0) is 13.8. The van der Waals surface area contributed by atoms with Gasteiger partial charge in [0.15, 0.2) is 0 Å². The van der Waals surface area contributed by atoms with Crippen LogP contribution < -0.4 is 5.32 Å². The Labute approximate surface area is 104 Å². The molecule has 4 N–H and O–H groups in total. The lowest BCUT2D eigenvalue weighted by Gasteiger charge is -2.27. The number of aliphatic hydroxyl groups excluding tert-OH is 3. The van der Waals surface area contributed by atoms with Gasteiger partial charge in [-0.3, -0.25) is 0 Å². The van der Waals surface area contributed by atoms with E-state index in [0.717, 1.165) is 12.1 Å². The lowest BCUT2D eigenvalue weighted by molar-refractivity contribution is 0.0828. The summed E-state index contributed by atoms with van der Waals surface area (Å²) in [5, 5.41) is 30.4. The molecule has 0 aliphatic carbocycles. The summed E-state index contributed by atoms with van der Waals surface area (Å²) in [6.07, 6.45) is -1.40. The fourth-order valence-electron chi connectivity index (χ4n) is 1.44. The SMILES string of the molecule is CC(CO)(CO)NCC(O)c1c(F)cccc1F. The van der Waals surface area contributed by atoms with Crippen LogP contribution in [0.25, 0.3) is 0 Å². The van der Waals surface area contributed by atoms with Crippen LogP contribution in [0.15, 0.2) is 18.2 Å². The van der Waals surface area contributed by atoms with Gasteiger partial charge in [0.25, 0.3) is 0 Å². The van der Waals surface area contributed by atoms with Crippen molar-refractivity contribution in [3.05, 3.63) is 35.4 Å². The Morgan fingerprint density at radius 1 is 1.22 bits per heavy atom. The van der Waals surface area contributed by atoms with Crippen molar-refractivity contribution in [3.8, 4) is 0 Å². The molecule has 0 spiro atoms. The minimum atomic E-state index is -1.40. The first kappa shape index (κ1) is 15.0. The Morgan fingerprint density at radius 3 is 2.17 bits per heavy atom. The second-order valence-corrected chi connectivity index (χ2v) is 4.41. The summed E-state index contributed by atoms with van der Waals surface area (Å²) in [5.41, 5.74) is -1.44. The Morgan fingerprint density at radius 2 is 1.72 bits per heavy atom. The highest BCUT2D eigenvalue weighted by Crippen LogP contribution is 2.20. The Kier molecular flexibility index (Phi) is 5.15. The highest BCUT2D eigenvalue weighted by molar-refractivity contribution is 5.22. The molecular weight excluding hydrogens is 244 g/mol. The predicted molar refractivity (Wildman–Crippen MR) is 61.9 cm³/mol. The van der Waals surface area contributed by atoms with E-state index in [-0.39, 0.29) is 19.8 Å². The summed E-state index contributed by atoms with van der Waals surface area (Å²) in [4.78, 5) is 0. The first-order chi connectivity index (χ1) is 8.43. The third-order valence-electron chi connectivity index (χ3n) is 2.75. The van der Waals surface area contributed by atoms with Crippen LogP contribution in [0.3, 0.4) is 0 Å². The van der Waals surface area contributed by atoms with Crippen molar-refractivity contribution in [1.29, 1.82) is 0 Å². The molecule has 0 aliphatic rings. The van der Waals surface area contributed by atoms with Crippen molar-refractivity contribution >= 4 is 0 Å². The molecule has 1 aromatic rings. The van der Waals surface area contributed by atoms with Gasteiger partial charge in [-0.25, -0.2) is 8.78 Å². The average Bonchev–Trinajstić information content (AvgIpc) is 2.36. The van der Waals surface area contributed by atoms with Crippen LogP contribution in [0.2, 0.25) is 0 Å². The molecule has 0 bridgehead atoms. The summed E-state index contributed by atoms with van der Waals surface area (Å²) >= 11 is 0. The average molecular weight is 261 g/mol. The van der Waals surface area contributed by atoms with Crippen LogP contribution in [0.5, 0.6) is 0 Å². The van der Waals surface area contributed by atoms with Crippen LogP contribution in [0.1, 0.15) is 18.6 Å². The van der Waals surface area contributed by atoms with Gasteiger partial charge in [0, 0.05) is 6.54 Å². The van der Waals surface area contributed by atoms with Crippen molar-refractivity contribution in [2.24, 2.45) is 0 Å². The summed E-state index contributed by atoms with van der Waals surface area (Å²) in [5.74, 6) is -1.67. The second-order valence-electron chi connectivity index (χ2n) is 4.41. The Hall–Kier alpha value is -1.08. The zero-order valence-corrected chi connectivity index (χ0v) is 10.0. The van der Waals surface area contributed by atoms with Crippen molar-refractivity contribution < 1.29 is 24.1 Å². The Balaban J connectivity index is 2.74. The maximum atomic E-state index is 13.4. The number of nitrogens with one attached hydrogen (secondary N) is 1. The van der Waals surface area contributed by atoms with E-state index in [1.165, 1.54) is 13.0 Å². The fourth-order valence-corrected chi connectivity index (χ4v) is 1.44. The van der Waals surface area contributed by atoms with E-state index in [9.17, 15) is 13.9 Å². The van der Waals surface area contributed by atoms with Gasteiger partial charge in [0.2, 0.25) is 0 Å². The third kappa shape index (κ3) is 3.46. The molecule has 1 unspecified atom stereocenters. The molecule has 0 aromatic heterocycles. The maximum Gasteiger partial charge on any atom is 0.131 e. The monoisotopic (exact) mass is 261 g/mol. The second kappa shape index (κ2) is 6.19. The van der Waals surface area contributed by atoms with Gasteiger partial charge in [-0.1, -0.05) is 6.07 Å². The van der Waals surface area contributed by atoms with Crippen molar-refractivity contribution in [2.45, 2.75) is 18.6 Å². The van der Waals surface area contributed by atoms with Crippen LogP contribution in [0.4, 0.5) is 8.78 Å². The number of aliphatic hydroxyl groups is 3. The summed E-state index contributed by atoms with van der Waals surface area (Å²) in [6, 6.07) is 3.32. The molecule has 1 atom stereocenters. The standard InChI is InChI=1S/C12H17F2NO3/c1-12(6-16,7-17)15-5-10(18)11-8(13)3-2-4-9(11)14/h2-4,10,15-18H,5-7H2,1H3. The molecule has 6 heteroatoms. The van der Waals surface area contributed by atoms with E-state index in [2.05, 4.69) is 5.32 Å². The molecule has 0 saturated carbocycles. The minimum Gasteiger partial charge on any atom is -0.394 e. The lowest BCUT2D eigenvalue weighted by Crippen LogP contribution is -2.50. The van der Waals surface area contributed by atoms with Crippen LogP contribution in [0, 0.1) is 11.6 Å². The van der Waals surface area contributed by atoms with Gasteiger partial charge >= 0.3 is 0 Å². The molecule has 1 aromatic carbocycles. The van der Waals surface area contributed by atoms with Gasteiger partial charge < -0.3 is 20.6 Å². The van der Waals surface area contributed by atoms with Gasteiger partial charge in [-0.15, -0.1) is 0 Å². The molecule has 0 heterocycles. The highest BCUT2D eigenvalue weighted by Gasteiger charge is 2.25. The van der Waals surface area contributed by atoms with Gasteiger partial charge in [0.05, 0.1) is 30.4 Å². The van der Waals surface area contributed by atoms with E-state index < -0.39 is 28.8 Å². The smallest absolute Gasteiger partial charge is 0.131 e. The molecule has 0 radical (unpaired) electrons. The normalized spacial score (nSPS) is 13.7. The highest BCUT2D eigenvalue weighted by atomic mass is 19.1. The third-order valence-corrected chi connectivity index (χ3v) is 2.75. The molecule has 1 rings (SSSR count). The Bertz CT molecular complexity index is 377. The maximum absolute atomic E-state index is 13.4. The zero-order valence-electron chi connectivity index (χ0n) is 10.0. The van der Waals surface area contributed by atoms with Crippen LogP contribution in [-0.4, -0.2) is 40.6 Å². The van der Waals surface area contributed by atoms with Crippen molar-refractivity contribution in [3.63, 3.8) is 0 Å². The molecule has 0 fully saturated rings. The minimum absolute atomic E-state index is 0.185. The van der Waals surface area contributed by atoms with Crippen LogP contribution >= 0.6 is 0 Å². The number of hydrogen-bond donors (Lipinski definition) is 4. The summed E-state index contributed by atoms with van der Waals surface area (Å²) in [7, 11) is 0. The number of rotatable bonds is 6. The first-order valence-electron chi connectivity index (χ1n) is 5.52. The summed E-state index contributed by atoms with van der Waals surface area (Å²) < 4.78 is 26.7. The van der Waals surface area contributed by atoms with Gasteiger partial charge in [-0.05, 0) is 19.1 Å². The van der Waals surface area contributed by atoms with Gasteiger partial charge in [-0.2, -0.15) is 0 Å². The van der Waals surface area contributed by atoms with E-state index in [1.54, 1.807) is 0 Å². The fraction of sp³-hybridized carbons (Fsp3) is 0.500. The number of β-amino-alcohol motifs (C(OH)–C–C–N with tert-alkyl or cyclic N) is 1. The van der Waals surface area contributed by atoms with Crippen LogP contribution in [-0.2, 0) is 0 Å². The molecule has 4 nitrogen and oxygen atoms in total. The quantitative estimate of drug-likeness (QED) is 0.595. The van der Waals surface area contributed by atoms with Crippen molar-refractivity contribution in [2.75, 3.05) is 19.8 Å². The van der Waals surface area contributed by atoms with E-state index in [1.807, 2.05) is 0 Å². The number of halogens is 2. The molecule has 0 saturated heterocycles. The number of hydrogen-bond acceptors (Lipinski definition) is 4. The predicted octanol–water partition coefficient (Wildman–Crippen LogP) is 0.331. The molecular formula is C12H17F2NO3. The van der Waals surface area contributed by atoms with E-state index in [4.69, 9.17) is 10.2 Å². The van der Waals surface area contributed by atoms with Gasteiger partial charge in [0.1, 0.15) is 11.6 Å². The molecule has 102 valence electrons. The molecule has 18 heavy (non-hydrogen) atoms. The van der Waals surface area contributed by atoms with Crippen molar-refractivity contribution in [1.82, 2.24) is 5.32 Å².